The third kappa shape index (κ3) is 8.31. The van der Waals surface area contributed by atoms with Gasteiger partial charge < -0.3 is 15.0 Å². The van der Waals surface area contributed by atoms with Crippen molar-refractivity contribution in [3.8, 4) is 5.75 Å². The largest absolute Gasteiger partial charge is 0.483 e. The molecular formula is C27H36BrClN2O3. The zero-order chi connectivity index (χ0) is 25.3. The molecule has 0 saturated carbocycles. The molecule has 0 aliphatic rings. The maximum atomic E-state index is 13.3. The van der Waals surface area contributed by atoms with Gasteiger partial charge in [0.05, 0.1) is 4.47 Å². The summed E-state index contributed by atoms with van der Waals surface area (Å²) in [4.78, 5) is 27.9. The van der Waals surface area contributed by atoms with Crippen LogP contribution in [0.2, 0.25) is 5.02 Å². The van der Waals surface area contributed by atoms with E-state index in [1.807, 2.05) is 37.3 Å². The lowest BCUT2D eigenvalue weighted by Crippen LogP contribution is -2.50. The molecule has 186 valence electrons. The fourth-order valence-corrected chi connectivity index (χ4v) is 4.14. The summed E-state index contributed by atoms with van der Waals surface area (Å²) in [5, 5.41) is 3.59. The van der Waals surface area contributed by atoms with Gasteiger partial charge in [-0.2, -0.15) is 0 Å². The number of nitrogens with zero attached hydrogens (tertiary/aromatic N) is 1. The number of nitrogens with one attached hydrogen (secondary N) is 1. The first-order valence-electron chi connectivity index (χ1n) is 11.8. The summed E-state index contributed by atoms with van der Waals surface area (Å²) in [6.45, 7) is 11.1. The number of amides is 2. The Morgan fingerprint density at radius 2 is 1.79 bits per heavy atom. The van der Waals surface area contributed by atoms with Gasteiger partial charge in [-0.15, -0.1) is 0 Å². The number of unbranched alkanes of at least 4 members (excludes halogenated alkanes) is 1. The molecule has 0 spiro atoms. The van der Waals surface area contributed by atoms with Gasteiger partial charge in [0.2, 0.25) is 5.91 Å². The normalized spacial score (nSPS) is 12.2. The smallest absolute Gasteiger partial charge is 0.261 e. The third-order valence-corrected chi connectivity index (χ3v) is 6.50. The quantitative estimate of drug-likeness (QED) is 0.324. The maximum Gasteiger partial charge on any atom is 0.261 e. The van der Waals surface area contributed by atoms with Crippen LogP contribution in [-0.2, 0) is 21.5 Å². The average molecular weight is 552 g/mol. The van der Waals surface area contributed by atoms with E-state index in [1.54, 1.807) is 17.0 Å². The van der Waals surface area contributed by atoms with Gasteiger partial charge in [0.1, 0.15) is 11.8 Å². The number of ether oxygens (including phenoxy) is 1. The van der Waals surface area contributed by atoms with Gasteiger partial charge >= 0.3 is 0 Å². The van der Waals surface area contributed by atoms with Crippen LogP contribution < -0.4 is 10.1 Å². The molecule has 1 atom stereocenters. The van der Waals surface area contributed by atoms with Gasteiger partial charge in [-0.3, -0.25) is 9.59 Å². The SMILES string of the molecule is CCCCNC(=O)[C@@H](CC)N(Cc1ccc(Cl)cc1)C(=O)COc1ccc(C(C)(C)C)cc1Br. The van der Waals surface area contributed by atoms with Crippen LogP contribution in [-0.4, -0.2) is 35.9 Å². The molecule has 2 aromatic rings. The lowest BCUT2D eigenvalue weighted by molar-refractivity contribution is -0.143. The van der Waals surface area contributed by atoms with E-state index >= 15 is 0 Å². The molecular weight excluding hydrogens is 516 g/mol. The van der Waals surface area contributed by atoms with E-state index in [1.165, 1.54) is 0 Å². The van der Waals surface area contributed by atoms with Crippen molar-refractivity contribution >= 4 is 39.3 Å². The number of benzene rings is 2. The highest BCUT2D eigenvalue weighted by molar-refractivity contribution is 9.10. The predicted octanol–water partition coefficient (Wildman–Crippen LogP) is 6.50. The molecule has 0 aliphatic heterocycles. The Morgan fingerprint density at radius 3 is 2.35 bits per heavy atom. The summed E-state index contributed by atoms with van der Waals surface area (Å²) in [7, 11) is 0. The van der Waals surface area contributed by atoms with E-state index in [4.69, 9.17) is 16.3 Å². The average Bonchev–Trinajstić information content (AvgIpc) is 2.78. The highest BCUT2D eigenvalue weighted by Crippen LogP contribution is 2.31. The van der Waals surface area contributed by atoms with Crippen LogP contribution in [0.4, 0.5) is 0 Å². The summed E-state index contributed by atoms with van der Waals surface area (Å²) < 4.78 is 6.68. The van der Waals surface area contributed by atoms with Crippen molar-refractivity contribution in [2.75, 3.05) is 13.2 Å². The molecule has 0 aromatic heterocycles. The van der Waals surface area contributed by atoms with Crippen LogP contribution >= 0.6 is 27.5 Å². The second kappa shape index (κ2) is 13.1. The summed E-state index contributed by atoms with van der Waals surface area (Å²) >= 11 is 9.59. The Labute approximate surface area is 217 Å². The van der Waals surface area contributed by atoms with Gasteiger partial charge in [-0.1, -0.05) is 70.8 Å². The van der Waals surface area contributed by atoms with Crippen molar-refractivity contribution in [3.05, 3.63) is 63.1 Å². The van der Waals surface area contributed by atoms with Crippen molar-refractivity contribution in [1.29, 1.82) is 0 Å². The van der Waals surface area contributed by atoms with E-state index in [0.717, 1.165) is 28.4 Å². The molecule has 5 nitrogen and oxygen atoms in total. The molecule has 2 rings (SSSR count). The van der Waals surface area contributed by atoms with E-state index < -0.39 is 6.04 Å². The molecule has 2 amide bonds. The number of carbonyl (C=O) groups excluding carboxylic acids is 2. The second-order valence-electron chi connectivity index (χ2n) is 9.40. The van der Waals surface area contributed by atoms with Crippen LogP contribution in [0.3, 0.4) is 0 Å². The number of halogens is 2. The molecule has 0 saturated heterocycles. The Balaban J connectivity index is 2.20. The summed E-state index contributed by atoms with van der Waals surface area (Å²) in [5.74, 6) is 0.196. The van der Waals surface area contributed by atoms with Gasteiger partial charge in [-0.25, -0.2) is 0 Å². The van der Waals surface area contributed by atoms with Crippen molar-refractivity contribution in [2.24, 2.45) is 0 Å². The molecule has 0 unspecified atom stereocenters. The molecule has 0 aliphatic carbocycles. The first-order chi connectivity index (χ1) is 16.1. The third-order valence-electron chi connectivity index (χ3n) is 5.63. The van der Waals surface area contributed by atoms with Gasteiger partial charge in [0.15, 0.2) is 6.61 Å². The van der Waals surface area contributed by atoms with Gasteiger partial charge in [0.25, 0.3) is 5.91 Å². The van der Waals surface area contributed by atoms with Gasteiger partial charge in [-0.05, 0) is 69.6 Å². The summed E-state index contributed by atoms with van der Waals surface area (Å²) in [5.41, 5.74) is 2.07. The first kappa shape index (κ1) is 28.2. The van der Waals surface area contributed by atoms with E-state index in [9.17, 15) is 9.59 Å². The number of hydrogen-bond acceptors (Lipinski definition) is 3. The molecule has 0 heterocycles. The van der Waals surface area contributed by atoms with E-state index in [0.29, 0.717) is 30.3 Å². The molecule has 7 heteroatoms. The Hall–Kier alpha value is -2.05. The van der Waals surface area contributed by atoms with Crippen molar-refractivity contribution in [1.82, 2.24) is 10.2 Å². The zero-order valence-electron chi connectivity index (χ0n) is 20.8. The van der Waals surface area contributed by atoms with Crippen molar-refractivity contribution in [2.45, 2.75) is 71.9 Å². The van der Waals surface area contributed by atoms with Crippen LogP contribution in [0.1, 0.15) is 65.0 Å². The molecule has 1 N–H and O–H groups in total. The topological polar surface area (TPSA) is 58.6 Å². The number of hydrogen-bond donors (Lipinski definition) is 1. The predicted molar refractivity (Wildman–Crippen MR) is 142 cm³/mol. The highest BCUT2D eigenvalue weighted by atomic mass is 79.9. The minimum Gasteiger partial charge on any atom is -0.483 e. The Bertz CT molecular complexity index is 957. The molecule has 0 radical (unpaired) electrons. The molecule has 0 fully saturated rings. The summed E-state index contributed by atoms with van der Waals surface area (Å²) in [6, 6.07) is 12.6. The summed E-state index contributed by atoms with van der Waals surface area (Å²) in [6.07, 6.45) is 2.39. The van der Waals surface area contributed by atoms with Crippen molar-refractivity contribution < 1.29 is 14.3 Å². The lowest BCUT2D eigenvalue weighted by Gasteiger charge is -2.30. The highest BCUT2D eigenvalue weighted by Gasteiger charge is 2.29. The lowest BCUT2D eigenvalue weighted by atomic mass is 9.87. The van der Waals surface area contributed by atoms with Gasteiger partial charge in [0, 0.05) is 18.1 Å². The minimum atomic E-state index is -0.588. The minimum absolute atomic E-state index is 0.00569. The maximum absolute atomic E-state index is 13.3. The van der Waals surface area contributed by atoms with Crippen LogP contribution in [0.5, 0.6) is 5.75 Å². The van der Waals surface area contributed by atoms with Crippen LogP contribution in [0, 0.1) is 0 Å². The molecule has 2 aromatic carbocycles. The van der Waals surface area contributed by atoms with Crippen LogP contribution in [0.15, 0.2) is 46.9 Å². The second-order valence-corrected chi connectivity index (χ2v) is 10.7. The van der Waals surface area contributed by atoms with Crippen LogP contribution in [0.25, 0.3) is 0 Å². The number of carbonyl (C=O) groups is 2. The fourth-order valence-electron chi connectivity index (χ4n) is 3.52. The van der Waals surface area contributed by atoms with E-state index in [2.05, 4.69) is 48.9 Å². The standard InChI is InChI=1S/C27H36BrClN2O3/c1-6-8-15-30-26(33)23(7-2)31(17-19-9-12-21(29)13-10-19)25(32)18-34-24-14-11-20(16-22(24)28)27(3,4)5/h9-14,16,23H,6-8,15,17-18H2,1-5H3,(H,30,33)/t23-/m1/s1. The van der Waals surface area contributed by atoms with E-state index in [-0.39, 0.29) is 23.8 Å². The Morgan fingerprint density at radius 1 is 1.12 bits per heavy atom. The number of rotatable bonds is 11. The fraction of sp³-hybridized carbons (Fsp3) is 0.481. The Kier molecular flexibility index (Phi) is 10.9. The first-order valence-corrected chi connectivity index (χ1v) is 13.0. The van der Waals surface area contributed by atoms with Crippen molar-refractivity contribution in [3.63, 3.8) is 0 Å². The molecule has 34 heavy (non-hydrogen) atoms. The molecule has 0 bridgehead atoms. The monoisotopic (exact) mass is 550 g/mol. The zero-order valence-corrected chi connectivity index (χ0v) is 23.1.